The predicted octanol–water partition coefficient (Wildman–Crippen LogP) is 2.90. The molecular formula is C18H18ClN3O4. The van der Waals surface area contributed by atoms with Gasteiger partial charge in [0.25, 0.3) is 0 Å². The van der Waals surface area contributed by atoms with Gasteiger partial charge in [0.1, 0.15) is 0 Å². The molecule has 0 bridgehead atoms. The van der Waals surface area contributed by atoms with Crippen molar-refractivity contribution in [1.29, 1.82) is 0 Å². The number of carboxylic acids is 2. The molecule has 0 aliphatic carbocycles. The van der Waals surface area contributed by atoms with Crippen LogP contribution in [0.4, 0.5) is 0 Å². The first-order chi connectivity index (χ1) is 12.3. The Kier molecular flexibility index (Phi) is 6.32. The number of aliphatic carboxylic acids is 2. The monoisotopic (exact) mass is 375 g/mol. The number of hydrogen-bond donors (Lipinski definition) is 3. The second kappa shape index (κ2) is 8.46. The zero-order chi connectivity index (χ0) is 19.3. The van der Waals surface area contributed by atoms with Crippen LogP contribution in [0.2, 0.25) is 5.02 Å². The number of hydrogen-bond acceptors (Lipinski definition) is 4. The molecule has 26 heavy (non-hydrogen) atoms. The van der Waals surface area contributed by atoms with Crippen LogP contribution in [0.5, 0.6) is 0 Å². The van der Waals surface area contributed by atoms with Crippen LogP contribution in [0.1, 0.15) is 6.92 Å². The summed E-state index contributed by atoms with van der Waals surface area (Å²) in [7, 11) is 0. The standard InChI is InChI=1S/C14H14ClN3.C4H4O4/c1-9(16)8-18-6-4-10-7-12(15)13-11(14(10)18)3-2-5-17-13;5-3(6)1-2-4(7)8/h2-7,9H,8,16H2,1H3;1-2H,(H,5,6)(H,7,8)/b;2-1+/t9-;/m0./s1. The lowest BCUT2D eigenvalue weighted by Gasteiger charge is -2.10. The number of halogens is 1. The van der Waals surface area contributed by atoms with Crippen LogP contribution in [0.15, 0.2) is 48.8 Å². The van der Waals surface area contributed by atoms with Gasteiger partial charge in [-0.05, 0) is 31.2 Å². The smallest absolute Gasteiger partial charge is 0.328 e. The van der Waals surface area contributed by atoms with Crippen LogP contribution < -0.4 is 5.73 Å². The van der Waals surface area contributed by atoms with E-state index in [-0.39, 0.29) is 6.04 Å². The number of nitrogens with two attached hydrogens (primary N) is 1. The van der Waals surface area contributed by atoms with E-state index in [1.807, 2.05) is 25.1 Å². The number of carboxylic acid groups (broad SMARTS) is 2. The van der Waals surface area contributed by atoms with Crippen molar-refractivity contribution >= 4 is 45.3 Å². The molecule has 0 fully saturated rings. The molecule has 0 aliphatic heterocycles. The second-order valence-corrected chi connectivity index (χ2v) is 6.06. The van der Waals surface area contributed by atoms with E-state index in [2.05, 4.69) is 21.8 Å². The summed E-state index contributed by atoms with van der Waals surface area (Å²) in [4.78, 5) is 23.5. The molecule has 3 rings (SSSR count). The highest BCUT2D eigenvalue weighted by Crippen LogP contribution is 2.30. The number of carbonyl (C=O) groups is 2. The van der Waals surface area contributed by atoms with Gasteiger partial charge in [0.15, 0.2) is 0 Å². The topological polar surface area (TPSA) is 118 Å². The van der Waals surface area contributed by atoms with Gasteiger partial charge in [-0.2, -0.15) is 0 Å². The summed E-state index contributed by atoms with van der Waals surface area (Å²) in [6.07, 6.45) is 4.93. The van der Waals surface area contributed by atoms with Crippen molar-refractivity contribution in [2.24, 2.45) is 5.73 Å². The molecule has 4 N–H and O–H groups in total. The van der Waals surface area contributed by atoms with Gasteiger partial charge in [0, 0.05) is 47.9 Å². The summed E-state index contributed by atoms with van der Waals surface area (Å²) in [5, 5.41) is 18.5. The fraction of sp³-hybridized carbons (Fsp3) is 0.167. The van der Waals surface area contributed by atoms with E-state index in [9.17, 15) is 9.59 Å². The molecule has 8 heteroatoms. The highest BCUT2D eigenvalue weighted by Gasteiger charge is 2.10. The summed E-state index contributed by atoms with van der Waals surface area (Å²) in [5.74, 6) is -2.51. The van der Waals surface area contributed by atoms with Crippen LogP contribution in [0.25, 0.3) is 21.8 Å². The molecular weight excluding hydrogens is 358 g/mol. The number of aromatic nitrogens is 2. The van der Waals surface area contributed by atoms with Gasteiger partial charge >= 0.3 is 11.9 Å². The normalized spacial score (nSPS) is 12.1. The van der Waals surface area contributed by atoms with Crippen molar-refractivity contribution in [2.75, 3.05) is 0 Å². The number of benzene rings is 1. The Morgan fingerprint density at radius 3 is 2.54 bits per heavy atom. The number of rotatable bonds is 4. The minimum atomic E-state index is -1.26. The molecule has 1 aromatic carbocycles. The van der Waals surface area contributed by atoms with Crippen molar-refractivity contribution < 1.29 is 19.8 Å². The lowest BCUT2D eigenvalue weighted by atomic mass is 10.1. The third-order valence-corrected chi connectivity index (χ3v) is 3.71. The largest absolute Gasteiger partial charge is 0.478 e. The Morgan fingerprint density at radius 1 is 1.31 bits per heavy atom. The number of nitrogens with zero attached hydrogens (tertiary/aromatic N) is 2. The van der Waals surface area contributed by atoms with Gasteiger partial charge in [-0.15, -0.1) is 0 Å². The van der Waals surface area contributed by atoms with Crippen LogP contribution >= 0.6 is 11.6 Å². The molecule has 2 aromatic heterocycles. The fourth-order valence-electron chi connectivity index (χ4n) is 2.51. The molecule has 0 radical (unpaired) electrons. The Hall–Kier alpha value is -2.90. The summed E-state index contributed by atoms with van der Waals surface area (Å²) in [6.45, 7) is 2.79. The van der Waals surface area contributed by atoms with Gasteiger partial charge in [0.05, 0.1) is 16.1 Å². The van der Waals surface area contributed by atoms with E-state index in [1.165, 1.54) is 0 Å². The van der Waals surface area contributed by atoms with E-state index in [4.69, 9.17) is 27.5 Å². The second-order valence-electron chi connectivity index (χ2n) is 5.65. The summed E-state index contributed by atoms with van der Waals surface area (Å²) >= 11 is 6.25. The summed E-state index contributed by atoms with van der Waals surface area (Å²) < 4.78 is 2.17. The van der Waals surface area contributed by atoms with Gasteiger partial charge in [-0.25, -0.2) is 9.59 Å². The lowest BCUT2D eigenvalue weighted by Crippen LogP contribution is -2.21. The first-order valence-corrected chi connectivity index (χ1v) is 8.09. The Morgan fingerprint density at radius 2 is 1.96 bits per heavy atom. The average Bonchev–Trinajstić information content (AvgIpc) is 2.96. The maximum Gasteiger partial charge on any atom is 0.328 e. The first kappa shape index (κ1) is 19.4. The highest BCUT2D eigenvalue weighted by atomic mass is 35.5. The molecule has 0 saturated carbocycles. The van der Waals surface area contributed by atoms with Crippen LogP contribution in [0.3, 0.4) is 0 Å². The van der Waals surface area contributed by atoms with Crippen molar-refractivity contribution in [2.45, 2.75) is 19.5 Å². The molecule has 3 aromatic rings. The maximum absolute atomic E-state index is 9.55. The lowest BCUT2D eigenvalue weighted by molar-refractivity contribution is -0.134. The predicted molar refractivity (Wildman–Crippen MR) is 100 cm³/mol. The van der Waals surface area contributed by atoms with Gasteiger partial charge in [0.2, 0.25) is 0 Å². The van der Waals surface area contributed by atoms with Gasteiger partial charge < -0.3 is 20.5 Å². The third-order valence-electron chi connectivity index (χ3n) is 3.42. The summed E-state index contributed by atoms with van der Waals surface area (Å²) in [6, 6.07) is 8.12. The molecule has 136 valence electrons. The molecule has 0 aliphatic rings. The molecule has 7 nitrogen and oxygen atoms in total. The molecule has 0 saturated heterocycles. The van der Waals surface area contributed by atoms with Crippen LogP contribution in [-0.2, 0) is 16.1 Å². The van der Waals surface area contributed by atoms with E-state index in [0.29, 0.717) is 17.2 Å². The van der Waals surface area contributed by atoms with E-state index >= 15 is 0 Å². The van der Waals surface area contributed by atoms with E-state index in [0.717, 1.165) is 28.4 Å². The number of pyridine rings is 1. The van der Waals surface area contributed by atoms with Crippen molar-refractivity contribution in [3.63, 3.8) is 0 Å². The summed E-state index contributed by atoms with van der Waals surface area (Å²) in [5.41, 5.74) is 7.88. The number of fused-ring (bicyclic) bond motifs is 3. The quantitative estimate of drug-likeness (QED) is 0.603. The first-order valence-electron chi connectivity index (χ1n) is 7.71. The van der Waals surface area contributed by atoms with Crippen LogP contribution in [0, 0.1) is 0 Å². The van der Waals surface area contributed by atoms with Crippen molar-refractivity contribution in [3.05, 3.63) is 53.8 Å². The van der Waals surface area contributed by atoms with E-state index in [1.54, 1.807) is 6.20 Å². The van der Waals surface area contributed by atoms with Gasteiger partial charge in [-0.1, -0.05) is 11.6 Å². The molecule has 0 amide bonds. The third kappa shape index (κ3) is 4.81. The molecule has 2 heterocycles. The van der Waals surface area contributed by atoms with Gasteiger partial charge in [-0.3, -0.25) is 4.98 Å². The highest BCUT2D eigenvalue weighted by molar-refractivity contribution is 6.36. The Balaban J connectivity index is 0.000000260. The maximum atomic E-state index is 9.55. The zero-order valence-corrected chi connectivity index (χ0v) is 14.7. The molecule has 0 unspecified atom stereocenters. The van der Waals surface area contributed by atoms with E-state index < -0.39 is 11.9 Å². The Labute approximate surface area is 154 Å². The van der Waals surface area contributed by atoms with Crippen molar-refractivity contribution in [3.8, 4) is 0 Å². The minimum Gasteiger partial charge on any atom is -0.478 e. The van der Waals surface area contributed by atoms with Crippen LogP contribution in [-0.4, -0.2) is 37.7 Å². The Bertz CT molecular complexity index is 963. The minimum absolute atomic E-state index is 0.114. The average molecular weight is 376 g/mol. The molecule has 0 spiro atoms. The zero-order valence-electron chi connectivity index (χ0n) is 14.0. The molecule has 1 atom stereocenters. The fourth-order valence-corrected chi connectivity index (χ4v) is 2.78. The van der Waals surface area contributed by atoms with Crippen molar-refractivity contribution in [1.82, 2.24) is 9.55 Å². The SMILES string of the molecule is C[C@H](N)Cn1ccc2cc(Cl)c3ncccc3c21.O=C(O)/C=C/C(=O)O.